The van der Waals surface area contributed by atoms with Crippen molar-refractivity contribution in [2.24, 2.45) is 0 Å². The summed E-state index contributed by atoms with van der Waals surface area (Å²) >= 11 is 1.38. The molecule has 2 rings (SSSR count). The Morgan fingerprint density at radius 1 is 1.70 bits per heavy atom. The first-order valence-electron chi connectivity index (χ1n) is 6.87. The Labute approximate surface area is 123 Å². The highest BCUT2D eigenvalue weighted by Crippen LogP contribution is 2.12. The summed E-state index contributed by atoms with van der Waals surface area (Å²) in [7, 11) is 0. The van der Waals surface area contributed by atoms with Gasteiger partial charge in [-0.25, -0.2) is 4.98 Å². The molecule has 1 atom stereocenters. The highest BCUT2D eigenvalue weighted by molar-refractivity contribution is 7.13. The molecule has 0 aliphatic carbocycles. The van der Waals surface area contributed by atoms with Crippen molar-refractivity contribution in [1.82, 2.24) is 15.2 Å². The van der Waals surface area contributed by atoms with E-state index in [0.717, 1.165) is 18.8 Å². The van der Waals surface area contributed by atoms with Crippen molar-refractivity contribution >= 4 is 22.4 Å². The molecule has 0 radical (unpaired) electrons. The Balaban J connectivity index is 1.73. The van der Waals surface area contributed by atoms with Crippen LogP contribution < -0.4 is 11.1 Å². The molecule has 1 aromatic heterocycles. The van der Waals surface area contributed by atoms with E-state index in [9.17, 15) is 4.79 Å². The molecule has 7 heteroatoms. The van der Waals surface area contributed by atoms with Crippen molar-refractivity contribution in [3.8, 4) is 0 Å². The first kappa shape index (κ1) is 15.2. The molecule has 0 spiro atoms. The molecule has 1 saturated heterocycles. The minimum Gasteiger partial charge on any atom is -0.375 e. The fourth-order valence-electron chi connectivity index (χ4n) is 2.21. The van der Waals surface area contributed by atoms with Crippen molar-refractivity contribution < 1.29 is 9.53 Å². The average Bonchev–Trinajstić information content (AvgIpc) is 2.82. The van der Waals surface area contributed by atoms with Gasteiger partial charge in [0.1, 0.15) is 0 Å². The Kier molecular flexibility index (Phi) is 5.33. The second-order valence-corrected chi connectivity index (χ2v) is 6.13. The quantitative estimate of drug-likeness (QED) is 0.842. The second-order valence-electron chi connectivity index (χ2n) is 5.24. The predicted octanol–water partition coefficient (Wildman–Crippen LogP) is 0.841. The number of morpholine rings is 1. The number of anilines is 1. The lowest BCUT2D eigenvalue weighted by molar-refractivity contribution is -0.126. The zero-order valence-electron chi connectivity index (χ0n) is 12.0. The van der Waals surface area contributed by atoms with Crippen molar-refractivity contribution in [2.75, 3.05) is 25.4 Å². The zero-order valence-corrected chi connectivity index (χ0v) is 12.8. The number of thiazole rings is 1. The highest BCUT2D eigenvalue weighted by Gasteiger charge is 2.24. The topological polar surface area (TPSA) is 80.5 Å². The lowest BCUT2D eigenvalue weighted by atomic mass is 10.1. The van der Waals surface area contributed by atoms with Crippen molar-refractivity contribution in [1.29, 1.82) is 0 Å². The number of hydrogen-bond donors (Lipinski definition) is 2. The van der Waals surface area contributed by atoms with Crippen molar-refractivity contribution in [2.45, 2.75) is 39.0 Å². The number of nitrogens with two attached hydrogens (primary N) is 1. The number of aromatic nitrogens is 1. The number of carbonyl (C=O) groups is 1. The minimum absolute atomic E-state index is 0.00724. The van der Waals surface area contributed by atoms with Gasteiger partial charge in [-0.05, 0) is 13.8 Å². The molecule has 1 aliphatic heterocycles. The third-order valence-corrected chi connectivity index (χ3v) is 4.07. The molecular formula is C13H22N4O2S. The van der Waals surface area contributed by atoms with Crippen LogP contribution in [0.5, 0.6) is 0 Å². The number of nitrogen functional groups attached to an aromatic ring is 1. The van der Waals surface area contributed by atoms with E-state index in [1.165, 1.54) is 11.3 Å². The summed E-state index contributed by atoms with van der Waals surface area (Å²) in [4.78, 5) is 18.3. The molecule has 1 amide bonds. The van der Waals surface area contributed by atoms with Gasteiger partial charge in [-0.2, -0.15) is 0 Å². The lowest BCUT2D eigenvalue weighted by Gasteiger charge is -2.35. The molecule has 1 aliphatic rings. The van der Waals surface area contributed by atoms with E-state index in [-0.39, 0.29) is 12.0 Å². The molecule has 2 heterocycles. The smallest absolute Gasteiger partial charge is 0.222 e. The van der Waals surface area contributed by atoms with Crippen LogP contribution in [0.15, 0.2) is 5.38 Å². The van der Waals surface area contributed by atoms with Gasteiger partial charge < -0.3 is 15.8 Å². The maximum absolute atomic E-state index is 11.9. The largest absolute Gasteiger partial charge is 0.375 e. The molecule has 20 heavy (non-hydrogen) atoms. The summed E-state index contributed by atoms with van der Waals surface area (Å²) in [6.45, 7) is 7.19. The number of nitrogens with zero attached hydrogens (tertiary/aromatic N) is 2. The molecule has 0 unspecified atom stereocenters. The van der Waals surface area contributed by atoms with E-state index >= 15 is 0 Å². The van der Waals surface area contributed by atoms with E-state index in [1.54, 1.807) is 0 Å². The molecule has 3 N–H and O–H groups in total. The van der Waals surface area contributed by atoms with Gasteiger partial charge in [0, 0.05) is 24.5 Å². The van der Waals surface area contributed by atoms with Gasteiger partial charge in [-0.1, -0.05) is 0 Å². The summed E-state index contributed by atoms with van der Waals surface area (Å²) < 4.78 is 5.65. The van der Waals surface area contributed by atoms with Crippen molar-refractivity contribution in [3.05, 3.63) is 11.1 Å². The number of amides is 1. The van der Waals surface area contributed by atoms with Gasteiger partial charge >= 0.3 is 0 Å². The van der Waals surface area contributed by atoms with E-state index in [0.29, 0.717) is 30.7 Å². The normalized spacial score (nSPS) is 20.2. The summed E-state index contributed by atoms with van der Waals surface area (Å²) in [6.07, 6.45) is 0.370. The van der Waals surface area contributed by atoms with Crippen LogP contribution in [-0.4, -0.2) is 47.6 Å². The number of ether oxygens (including phenoxy) is 1. The third-order valence-electron chi connectivity index (χ3n) is 3.35. The van der Waals surface area contributed by atoms with Crippen LogP contribution in [0.3, 0.4) is 0 Å². The van der Waals surface area contributed by atoms with Crippen LogP contribution in [0.4, 0.5) is 5.13 Å². The van der Waals surface area contributed by atoms with Gasteiger partial charge in [0.25, 0.3) is 0 Å². The molecule has 0 bridgehead atoms. The van der Waals surface area contributed by atoms with E-state index < -0.39 is 0 Å². The Morgan fingerprint density at radius 3 is 3.15 bits per heavy atom. The van der Waals surface area contributed by atoms with Gasteiger partial charge in [-0.3, -0.25) is 9.69 Å². The number of carbonyl (C=O) groups excluding carboxylic acids is 1. The lowest BCUT2D eigenvalue weighted by Crippen LogP contribution is -2.47. The summed E-state index contributed by atoms with van der Waals surface area (Å²) in [5.41, 5.74) is 6.35. The molecule has 1 aromatic rings. The number of nitrogens with one attached hydrogen (secondary N) is 1. The number of rotatable bonds is 5. The average molecular weight is 298 g/mol. The monoisotopic (exact) mass is 298 g/mol. The molecule has 0 aromatic carbocycles. The van der Waals surface area contributed by atoms with E-state index in [2.05, 4.69) is 29.0 Å². The van der Waals surface area contributed by atoms with Crippen molar-refractivity contribution in [3.63, 3.8) is 0 Å². The Morgan fingerprint density at radius 2 is 2.50 bits per heavy atom. The zero-order chi connectivity index (χ0) is 14.5. The Hall–Kier alpha value is -1.18. The van der Waals surface area contributed by atoms with Gasteiger partial charge in [0.2, 0.25) is 5.91 Å². The van der Waals surface area contributed by atoms with Crippen LogP contribution in [0, 0.1) is 0 Å². The van der Waals surface area contributed by atoms with E-state index in [1.807, 2.05) is 5.38 Å². The molecule has 0 saturated carbocycles. The fourth-order valence-corrected chi connectivity index (χ4v) is 2.77. The summed E-state index contributed by atoms with van der Waals surface area (Å²) in [5, 5.41) is 5.23. The van der Waals surface area contributed by atoms with Crippen LogP contribution in [-0.2, 0) is 16.1 Å². The third kappa shape index (κ3) is 4.43. The number of hydrogen-bond acceptors (Lipinski definition) is 6. The highest BCUT2D eigenvalue weighted by atomic mass is 32.1. The summed E-state index contributed by atoms with van der Waals surface area (Å²) in [5.74, 6) is -0.00724. The molecular weight excluding hydrogens is 276 g/mol. The van der Waals surface area contributed by atoms with Crippen LogP contribution in [0.2, 0.25) is 0 Å². The van der Waals surface area contributed by atoms with Crippen LogP contribution >= 0.6 is 11.3 Å². The molecule has 112 valence electrons. The maximum Gasteiger partial charge on any atom is 0.222 e. The summed E-state index contributed by atoms with van der Waals surface area (Å²) in [6, 6.07) is 0.488. The minimum atomic E-state index is -0.0216. The Bertz CT molecular complexity index is 449. The first-order valence-corrected chi connectivity index (χ1v) is 7.75. The standard InChI is InChI=1S/C13H22N4O2S/c1-9(2)17-3-4-19-11(7-17)5-12(18)15-6-10-8-20-13(14)16-10/h8-9,11H,3-7H2,1-2H3,(H2,14,16)(H,15,18)/t11-/m0/s1. The SMILES string of the molecule is CC(C)N1CCO[C@@H](CC(=O)NCc2csc(N)n2)C1. The predicted molar refractivity (Wildman–Crippen MR) is 79.4 cm³/mol. The van der Waals surface area contributed by atoms with Gasteiger partial charge in [0.05, 0.1) is 31.4 Å². The van der Waals surface area contributed by atoms with Crippen LogP contribution in [0.1, 0.15) is 26.0 Å². The molecule has 6 nitrogen and oxygen atoms in total. The van der Waals surface area contributed by atoms with Gasteiger partial charge in [0.15, 0.2) is 5.13 Å². The molecule has 1 fully saturated rings. The maximum atomic E-state index is 11.9. The second kappa shape index (κ2) is 7.01. The fraction of sp³-hybridized carbons (Fsp3) is 0.692. The van der Waals surface area contributed by atoms with Crippen LogP contribution in [0.25, 0.3) is 0 Å². The first-order chi connectivity index (χ1) is 9.54. The van der Waals surface area contributed by atoms with E-state index in [4.69, 9.17) is 10.5 Å². The van der Waals surface area contributed by atoms with Gasteiger partial charge in [-0.15, -0.1) is 11.3 Å².